The first-order chi connectivity index (χ1) is 6.83. The van der Waals surface area contributed by atoms with E-state index in [0.29, 0.717) is 12.8 Å². The topological polar surface area (TPSA) is 20.3 Å². The van der Waals surface area contributed by atoms with Crippen molar-refractivity contribution in [2.45, 2.75) is 51.5 Å². The lowest BCUT2D eigenvalue weighted by atomic mass is 9.85. The Morgan fingerprint density at radius 1 is 1.47 bits per heavy atom. The molecule has 4 heteroatoms. The van der Waals surface area contributed by atoms with Crippen LogP contribution in [0.25, 0.3) is 0 Å². The summed E-state index contributed by atoms with van der Waals surface area (Å²) >= 11 is 0. The van der Waals surface area contributed by atoms with Gasteiger partial charge in [0.05, 0.1) is 0 Å². The molecular formula is C11H19F2NO. The van der Waals surface area contributed by atoms with Gasteiger partial charge in [0.25, 0.3) is 0 Å². The van der Waals surface area contributed by atoms with E-state index in [1.807, 2.05) is 13.8 Å². The van der Waals surface area contributed by atoms with Gasteiger partial charge in [-0.05, 0) is 26.7 Å². The van der Waals surface area contributed by atoms with Crippen LogP contribution in [0.15, 0.2) is 0 Å². The number of carbonyl (C=O) groups is 1. The molecule has 0 unspecified atom stereocenters. The van der Waals surface area contributed by atoms with E-state index in [9.17, 15) is 13.6 Å². The van der Waals surface area contributed by atoms with Gasteiger partial charge in [-0.3, -0.25) is 4.79 Å². The third-order valence-corrected chi connectivity index (χ3v) is 3.11. The number of amides is 1. The predicted octanol–water partition coefficient (Wildman–Crippen LogP) is 2.68. The van der Waals surface area contributed by atoms with E-state index < -0.39 is 11.8 Å². The second-order valence-corrected chi connectivity index (χ2v) is 4.69. The Morgan fingerprint density at radius 3 is 2.53 bits per heavy atom. The maximum atomic E-state index is 13.1. The molecule has 1 rings (SSSR count). The van der Waals surface area contributed by atoms with Crippen molar-refractivity contribution in [1.82, 2.24) is 4.90 Å². The Morgan fingerprint density at radius 2 is 2.07 bits per heavy atom. The lowest BCUT2D eigenvalue weighted by Crippen LogP contribution is -2.41. The van der Waals surface area contributed by atoms with E-state index in [4.69, 9.17) is 0 Å². The molecule has 0 saturated heterocycles. The number of nitrogens with zero attached hydrogens (tertiary/aromatic N) is 1. The molecule has 1 aliphatic carbocycles. The van der Waals surface area contributed by atoms with Gasteiger partial charge in [-0.1, -0.05) is 0 Å². The van der Waals surface area contributed by atoms with Crippen LogP contribution in [-0.4, -0.2) is 29.8 Å². The van der Waals surface area contributed by atoms with Crippen LogP contribution in [0.3, 0.4) is 0 Å². The van der Waals surface area contributed by atoms with Crippen LogP contribution >= 0.6 is 0 Å². The molecule has 1 fully saturated rings. The van der Waals surface area contributed by atoms with Gasteiger partial charge in [0.15, 0.2) is 0 Å². The second-order valence-electron chi connectivity index (χ2n) is 4.69. The zero-order valence-electron chi connectivity index (χ0n) is 9.59. The standard InChI is InChI=1S/C11H19F2NO/c1-8(2)14(3)10(15)9-5-4-6-11(12,13)7-9/h8-9H,4-7H2,1-3H3/t9-/m0/s1. The average Bonchev–Trinajstić information content (AvgIpc) is 2.13. The average molecular weight is 219 g/mol. The number of hydrogen-bond donors (Lipinski definition) is 0. The predicted molar refractivity (Wildman–Crippen MR) is 54.8 cm³/mol. The van der Waals surface area contributed by atoms with Gasteiger partial charge in [-0.25, -0.2) is 8.78 Å². The number of carbonyl (C=O) groups excluding carboxylic acids is 1. The van der Waals surface area contributed by atoms with Gasteiger partial charge >= 0.3 is 0 Å². The Kier molecular flexibility index (Phi) is 3.68. The van der Waals surface area contributed by atoms with E-state index >= 15 is 0 Å². The van der Waals surface area contributed by atoms with Crippen molar-refractivity contribution in [2.75, 3.05) is 7.05 Å². The molecule has 0 N–H and O–H groups in total. The molecule has 1 amide bonds. The third-order valence-electron chi connectivity index (χ3n) is 3.11. The van der Waals surface area contributed by atoms with Crippen molar-refractivity contribution in [3.63, 3.8) is 0 Å². The molecule has 0 bridgehead atoms. The van der Waals surface area contributed by atoms with Gasteiger partial charge in [-0.15, -0.1) is 0 Å². The van der Waals surface area contributed by atoms with Crippen LogP contribution in [-0.2, 0) is 4.79 Å². The van der Waals surface area contributed by atoms with Crippen LogP contribution in [0.2, 0.25) is 0 Å². The fourth-order valence-corrected chi connectivity index (χ4v) is 1.92. The summed E-state index contributed by atoms with van der Waals surface area (Å²) in [4.78, 5) is 13.4. The van der Waals surface area contributed by atoms with E-state index in [0.717, 1.165) is 0 Å². The molecule has 0 aromatic heterocycles. The smallest absolute Gasteiger partial charge is 0.248 e. The van der Waals surface area contributed by atoms with Crippen LogP contribution in [0.1, 0.15) is 39.5 Å². The zero-order chi connectivity index (χ0) is 11.6. The highest BCUT2D eigenvalue weighted by Crippen LogP contribution is 2.37. The Balaban J connectivity index is 2.60. The highest BCUT2D eigenvalue weighted by Gasteiger charge is 2.40. The molecule has 1 aliphatic rings. The summed E-state index contributed by atoms with van der Waals surface area (Å²) < 4.78 is 26.2. The molecule has 0 spiro atoms. The number of halogens is 2. The van der Waals surface area contributed by atoms with Crippen LogP contribution in [0.5, 0.6) is 0 Å². The lowest BCUT2D eigenvalue weighted by Gasteiger charge is -2.32. The summed E-state index contributed by atoms with van der Waals surface area (Å²) in [7, 11) is 1.68. The maximum Gasteiger partial charge on any atom is 0.248 e. The largest absolute Gasteiger partial charge is 0.343 e. The summed E-state index contributed by atoms with van der Waals surface area (Å²) in [5.41, 5.74) is 0. The molecule has 0 aromatic carbocycles. The summed E-state index contributed by atoms with van der Waals surface area (Å²) in [5, 5.41) is 0. The van der Waals surface area contributed by atoms with Gasteiger partial charge < -0.3 is 4.90 Å². The van der Waals surface area contributed by atoms with Crippen LogP contribution < -0.4 is 0 Å². The van der Waals surface area contributed by atoms with Crippen molar-refractivity contribution < 1.29 is 13.6 Å². The molecule has 0 heterocycles. The first-order valence-electron chi connectivity index (χ1n) is 5.48. The monoisotopic (exact) mass is 219 g/mol. The fourth-order valence-electron chi connectivity index (χ4n) is 1.92. The zero-order valence-corrected chi connectivity index (χ0v) is 9.59. The summed E-state index contributed by atoms with van der Waals surface area (Å²) in [6, 6.07) is 0.0769. The second kappa shape index (κ2) is 4.45. The minimum atomic E-state index is -2.64. The van der Waals surface area contributed by atoms with Crippen molar-refractivity contribution >= 4 is 5.91 Å². The first-order valence-corrected chi connectivity index (χ1v) is 5.48. The molecule has 2 nitrogen and oxygen atoms in total. The molecule has 0 aliphatic heterocycles. The molecular weight excluding hydrogens is 200 g/mol. The molecule has 1 atom stereocenters. The summed E-state index contributed by atoms with van der Waals surface area (Å²) in [6.07, 6.45) is 0.714. The minimum Gasteiger partial charge on any atom is -0.343 e. The highest BCUT2D eigenvalue weighted by molar-refractivity contribution is 5.79. The first kappa shape index (κ1) is 12.4. The molecule has 1 saturated carbocycles. The Bertz CT molecular complexity index is 241. The summed E-state index contributed by atoms with van der Waals surface area (Å²) in [5.74, 6) is -3.26. The van der Waals surface area contributed by atoms with Gasteiger partial charge in [0, 0.05) is 31.8 Å². The number of hydrogen-bond acceptors (Lipinski definition) is 1. The third kappa shape index (κ3) is 3.14. The highest BCUT2D eigenvalue weighted by atomic mass is 19.3. The fraction of sp³-hybridized carbons (Fsp3) is 0.909. The number of rotatable bonds is 2. The quantitative estimate of drug-likeness (QED) is 0.699. The van der Waals surface area contributed by atoms with E-state index in [-0.39, 0.29) is 24.8 Å². The molecule has 0 aromatic rings. The van der Waals surface area contributed by atoms with Gasteiger partial charge in [0.2, 0.25) is 11.8 Å². The maximum absolute atomic E-state index is 13.1. The van der Waals surface area contributed by atoms with Crippen LogP contribution in [0.4, 0.5) is 8.78 Å². The summed E-state index contributed by atoms with van der Waals surface area (Å²) in [6.45, 7) is 3.78. The van der Waals surface area contributed by atoms with Crippen molar-refractivity contribution in [2.24, 2.45) is 5.92 Å². The van der Waals surface area contributed by atoms with Crippen molar-refractivity contribution in [3.05, 3.63) is 0 Å². The van der Waals surface area contributed by atoms with Gasteiger partial charge in [-0.2, -0.15) is 0 Å². The minimum absolute atomic E-state index is 0.0673. The molecule has 0 radical (unpaired) electrons. The lowest BCUT2D eigenvalue weighted by molar-refractivity contribution is -0.142. The van der Waals surface area contributed by atoms with Gasteiger partial charge in [0.1, 0.15) is 0 Å². The molecule has 15 heavy (non-hydrogen) atoms. The number of alkyl halides is 2. The van der Waals surface area contributed by atoms with E-state index in [1.54, 1.807) is 11.9 Å². The normalized spacial score (nSPS) is 25.3. The van der Waals surface area contributed by atoms with Crippen molar-refractivity contribution in [3.8, 4) is 0 Å². The van der Waals surface area contributed by atoms with E-state index in [2.05, 4.69) is 0 Å². The Labute approximate surface area is 89.6 Å². The van der Waals surface area contributed by atoms with Crippen LogP contribution in [0, 0.1) is 5.92 Å². The Hall–Kier alpha value is -0.670. The van der Waals surface area contributed by atoms with Crippen molar-refractivity contribution in [1.29, 1.82) is 0 Å². The SMILES string of the molecule is CC(C)N(C)C(=O)[C@H]1CCCC(F)(F)C1. The van der Waals surface area contributed by atoms with E-state index in [1.165, 1.54) is 0 Å². The molecule has 88 valence electrons.